The Bertz CT molecular complexity index is 134. The molecule has 4 nitrogen and oxygen atoms in total. The molecule has 2 unspecified atom stereocenters. The van der Waals surface area contributed by atoms with Crippen molar-refractivity contribution in [3.8, 4) is 0 Å². The Labute approximate surface area is 93.7 Å². The minimum Gasteiger partial charge on any atom is -0.385 e. The topological polar surface area (TPSA) is 42.5 Å². The average Bonchev–Trinajstić information content (AvgIpc) is 2.25. The van der Waals surface area contributed by atoms with Gasteiger partial charge in [0.15, 0.2) is 0 Å². The Balaban J connectivity index is 3.21. The summed E-state index contributed by atoms with van der Waals surface area (Å²) in [6.07, 6.45) is 1.35. The Kier molecular flexibility index (Phi) is 10.3. The van der Waals surface area contributed by atoms with Crippen LogP contribution in [0.5, 0.6) is 0 Å². The first-order chi connectivity index (χ1) is 7.20. The zero-order valence-corrected chi connectivity index (χ0v) is 10.5. The van der Waals surface area contributed by atoms with Crippen molar-refractivity contribution in [2.24, 2.45) is 0 Å². The van der Waals surface area contributed by atoms with Gasteiger partial charge in [-0.15, -0.1) is 0 Å². The summed E-state index contributed by atoms with van der Waals surface area (Å²) in [5.41, 5.74) is 0. The molecule has 0 aromatic heterocycles. The first-order valence-corrected chi connectivity index (χ1v) is 5.66. The van der Waals surface area contributed by atoms with Crippen LogP contribution in [0.3, 0.4) is 0 Å². The van der Waals surface area contributed by atoms with Gasteiger partial charge in [-0.25, -0.2) is 0 Å². The minimum absolute atomic E-state index is 0.279. The number of methoxy groups -OCH3 is 2. The maximum atomic E-state index is 5.16. The molecule has 0 rings (SSSR count). The van der Waals surface area contributed by atoms with Gasteiger partial charge in [0.2, 0.25) is 0 Å². The van der Waals surface area contributed by atoms with E-state index in [1.165, 1.54) is 0 Å². The molecule has 0 aliphatic heterocycles. The van der Waals surface area contributed by atoms with E-state index in [9.17, 15) is 0 Å². The summed E-state index contributed by atoms with van der Waals surface area (Å²) in [6.45, 7) is 7.96. The van der Waals surface area contributed by atoms with E-state index in [1.54, 1.807) is 14.2 Å². The van der Waals surface area contributed by atoms with Crippen molar-refractivity contribution in [3.63, 3.8) is 0 Å². The van der Waals surface area contributed by atoms with Crippen LogP contribution in [-0.4, -0.2) is 52.6 Å². The van der Waals surface area contributed by atoms with Crippen molar-refractivity contribution in [1.82, 2.24) is 10.6 Å². The number of nitrogens with one attached hydrogen (secondary N) is 2. The van der Waals surface area contributed by atoms with Crippen LogP contribution < -0.4 is 10.6 Å². The van der Waals surface area contributed by atoms with Crippen LogP contribution in [0, 0.1) is 0 Å². The van der Waals surface area contributed by atoms with Gasteiger partial charge in [-0.05, 0) is 26.8 Å². The number of ether oxygens (including phenoxy) is 2. The van der Waals surface area contributed by atoms with E-state index in [4.69, 9.17) is 9.47 Å². The molecule has 0 fully saturated rings. The molecule has 2 atom stereocenters. The molecule has 92 valence electrons. The van der Waals surface area contributed by atoms with Crippen LogP contribution in [0.25, 0.3) is 0 Å². The largest absolute Gasteiger partial charge is 0.385 e. The zero-order valence-electron chi connectivity index (χ0n) is 10.5. The van der Waals surface area contributed by atoms with Crippen LogP contribution in [0.15, 0.2) is 0 Å². The zero-order chi connectivity index (χ0) is 11.5. The van der Waals surface area contributed by atoms with Crippen LogP contribution in [0.2, 0.25) is 0 Å². The Hall–Kier alpha value is -0.160. The SMILES string of the molecule is COCCCNCC(C)NCC(C)OC. The van der Waals surface area contributed by atoms with Crippen LogP contribution in [0.4, 0.5) is 0 Å². The van der Waals surface area contributed by atoms with Crippen LogP contribution in [0.1, 0.15) is 20.3 Å². The summed E-state index contributed by atoms with van der Waals surface area (Å²) in [4.78, 5) is 0. The summed E-state index contributed by atoms with van der Waals surface area (Å²) in [5.74, 6) is 0. The van der Waals surface area contributed by atoms with E-state index >= 15 is 0 Å². The summed E-state index contributed by atoms with van der Waals surface area (Å²) in [5, 5.41) is 6.78. The normalized spacial score (nSPS) is 15.2. The van der Waals surface area contributed by atoms with Gasteiger partial charge in [-0.3, -0.25) is 0 Å². The quantitative estimate of drug-likeness (QED) is 0.528. The Morgan fingerprint density at radius 2 is 1.87 bits per heavy atom. The number of rotatable bonds is 10. The second kappa shape index (κ2) is 10.4. The molecule has 0 radical (unpaired) electrons. The lowest BCUT2D eigenvalue weighted by Gasteiger charge is -2.17. The van der Waals surface area contributed by atoms with Crippen molar-refractivity contribution in [2.75, 3.05) is 40.5 Å². The summed E-state index contributed by atoms with van der Waals surface area (Å²) >= 11 is 0. The number of hydrogen-bond acceptors (Lipinski definition) is 4. The van der Waals surface area contributed by atoms with E-state index in [0.29, 0.717) is 6.04 Å². The second-order valence-electron chi connectivity index (χ2n) is 3.91. The van der Waals surface area contributed by atoms with Crippen molar-refractivity contribution >= 4 is 0 Å². The van der Waals surface area contributed by atoms with Gasteiger partial charge in [-0.1, -0.05) is 0 Å². The fraction of sp³-hybridized carbons (Fsp3) is 1.00. The molecular weight excluding hydrogens is 192 g/mol. The first-order valence-electron chi connectivity index (χ1n) is 5.66. The van der Waals surface area contributed by atoms with E-state index in [0.717, 1.165) is 32.7 Å². The highest BCUT2D eigenvalue weighted by molar-refractivity contribution is 4.65. The van der Waals surface area contributed by atoms with Gasteiger partial charge >= 0.3 is 0 Å². The van der Waals surface area contributed by atoms with Crippen molar-refractivity contribution in [1.29, 1.82) is 0 Å². The van der Waals surface area contributed by atoms with Crippen molar-refractivity contribution in [3.05, 3.63) is 0 Å². The first kappa shape index (κ1) is 14.8. The molecule has 4 heteroatoms. The molecular formula is C11H26N2O2. The smallest absolute Gasteiger partial charge is 0.0667 e. The molecule has 0 spiro atoms. The molecule has 2 N–H and O–H groups in total. The van der Waals surface area contributed by atoms with E-state index in [-0.39, 0.29) is 6.10 Å². The average molecular weight is 218 g/mol. The van der Waals surface area contributed by atoms with Gasteiger partial charge in [0.25, 0.3) is 0 Å². The summed E-state index contributed by atoms with van der Waals surface area (Å²) < 4.78 is 10.1. The maximum Gasteiger partial charge on any atom is 0.0667 e. The van der Waals surface area contributed by atoms with Gasteiger partial charge in [0.05, 0.1) is 6.10 Å². The van der Waals surface area contributed by atoms with Crippen molar-refractivity contribution < 1.29 is 9.47 Å². The third-order valence-electron chi connectivity index (χ3n) is 2.31. The number of hydrogen-bond donors (Lipinski definition) is 2. The standard InChI is InChI=1S/C11H26N2O2/c1-10(13-9-11(2)15-4)8-12-6-5-7-14-3/h10-13H,5-9H2,1-4H3. The van der Waals surface area contributed by atoms with Gasteiger partial charge in [0.1, 0.15) is 0 Å². The Morgan fingerprint density at radius 3 is 2.47 bits per heavy atom. The van der Waals surface area contributed by atoms with E-state index in [1.807, 2.05) is 0 Å². The lowest BCUT2D eigenvalue weighted by molar-refractivity contribution is 0.114. The Morgan fingerprint density at radius 1 is 1.13 bits per heavy atom. The fourth-order valence-electron chi connectivity index (χ4n) is 1.18. The summed E-state index contributed by atoms with van der Waals surface area (Å²) in [6, 6.07) is 0.477. The predicted molar refractivity (Wildman–Crippen MR) is 63.3 cm³/mol. The van der Waals surface area contributed by atoms with Gasteiger partial charge < -0.3 is 20.1 Å². The van der Waals surface area contributed by atoms with E-state index in [2.05, 4.69) is 24.5 Å². The van der Waals surface area contributed by atoms with Gasteiger partial charge in [0, 0.05) is 40.0 Å². The van der Waals surface area contributed by atoms with Crippen LogP contribution in [-0.2, 0) is 9.47 Å². The highest BCUT2D eigenvalue weighted by atomic mass is 16.5. The monoisotopic (exact) mass is 218 g/mol. The molecule has 0 aromatic rings. The minimum atomic E-state index is 0.279. The lowest BCUT2D eigenvalue weighted by Crippen LogP contribution is -2.40. The van der Waals surface area contributed by atoms with E-state index < -0.39 is 0 Å². The molecule has 15 heavy (non-hydrogen) atoms. The molecule has 0 saturated carbocycles. The molecule has 0 heterocycles. The maximum absolute atomic E-state index is 5.16. The fourth-order valence-corrected chi connectivity index (χ4v) is 1.18. The third-order valence-corrected chi connectivity index (χ3v) is 2.31. The highest BCUT2D eigenvalue weighted by Crippen LogP contribution is 1.86. The van der Waals surface area contributed by atoms with Crippen molar-refractivity contribution in [2.45, 2.75) is 32.4 Å². The highest BCUT2D eigenvalue weighted by Gasteiger charge is 2.03. The molecule has 0 saturated heterocycles. The predicted octanol–water partition coefficient (Wildman–Crippen LogP) is 0.626. The molecule has 0 amide bonds. The molecule has 0 bridgehead atoms. The second-order valence-corrected chi connectivity index (χ2v) is 3.91. The molecule has 0 aliphatic rings. The summed E-state index contributed by atoms with van der Waals surface area (Å²) in [7, 11) is 3.47. The lowest BCUT2D eigenvalue weighted by atomic mass is 10.3. The van der Waals surface area contributed by atoms with Crippen LogP contribution >= 0.6 is 0 Å². The molecule has 0 aromatic carbocycles. The van der Waals surface area contributed by atoms with Gasteiger partial charge in [-0.2, -0.15) is 0 Å². The third kappa shape index (κ3) is 10.1. The molecule has 0 aliphatic carbocycles.